The SMILES string of the molecule is CCC1CCC(CN)C(c2ccc3c(c2)OCCO3)C1. The van der Waals surface area contributed by atoms with Gasteiger partial charge >= 0.3 is 0 Å². The molecule has 110 valence electrons. The molecule has 3 unspecified atom stereocenters. The van der Waals surface area contributed by atoms with Crippen LogP contribution in [0.3, 0.4) is 0 Å². The number of rotatable bonds is 3. The van der Waals surface area contributed by atoms with Crippen molar-refractivity contribution in [2.24, 2.45) is 17.6 Å². The van der Waals surface area contributed by atoms with Crippen molar-refractivity contribution in [1.29, 1.82) is 0 Å². The largest absolute Gasteiger partial charge is 0.486 e. The molecule has 20 heavy (non-hydrogen) atoms. The van der Waals surface area contributed by atoms with Crippen molar-refractivity contribution < 1.29 is 9.47 Å². The van der Waals surface area contributed by atoms with E-state index in [1.807, 2.05) is 0 Å². The van der Waals surface area contributed by atoms with Crippen LogP contribution >= 0.6 is 0 Å². The second-order valence-corrected chi connectivity index (χ2v) is 6.09. The number of hydrogen-bond donors (Lipinski definition) is 1. The summed E-state index contributed by atoms with van der Waals surface area (Å²) in [6.45, 7) is 4.39. The van der Waals surface area contributed by atoms with E-state index in [2.05, 4.69) is 25.1 Å². The van der Waals surface area contributed by atoms with Gasteiger partial charge in [0.2, 0.25) is 0 Å². The van der Waals surface area contributed by atoms with Crippen molar-refractivity contribution in [3.8, 4) is 11.5 Å². The van der Waals surface area contributed by atoms with Gasteiger partial charge in [0.05, 0.1) is 0 Å². The van der Waals surface area contributed by atoms with E-state index in [1.54, 1.807) is 0 Å². The molecule has 0 radical (unpaired) electrons. The molecule has 2 aliphatic rings. The maximum Gasteiger partial charge on any atom is 0.161 e. The first-order valence-corrected chi connectivity index (χ1v) is 7.91. The fraction of sp³-hybridized carbons (Fsp3) is 0.647. The minimum atomic E-state index is 0.578. The summed E-state index contributed by atoms with van der Waals surface area (Å²) in [5.41, 5.74) is 7.38. The number of benzene rings is 1. The number of fused-ring (bicyclic) bond motifs is 1. The number of nitrogens with two attached hydrogens (primary N) is 1. The molecule has 0 aromatic heterocycles. The van der Waals surface area contributed by atoms with E-state index in [0.717, 1.165) is 24.0 Å². The third-order valence-electron chi connectivity index (χ3n) is 4.98. The second-order valence-electron chi connectivity index (χ2n) is 6.09. The zero-order valence-corrected chi connectivity index (χ0v) is 12.3. The van der Waals surface area contributed by atoms with Gasteiger partial charge in [-0.1, -0.05) is 25.8 Å². The lowest BCUT2D eigenvalue weighted by Crippen LogP contribution is -2.29. The van der Waals surface area contributed by atoms with Crippen LogP contribution < -0.4 is 15.2 Å². The molecule has 3 atom stereocenters. The monoisotopic (exact) mass is 275 g/mol. The van der Waals surface area contributed by atoms with Gasteiger partial charge in [-0.25, -0.2) is 0 Å². The summed E-state index contributed by atoms with van der Waals surface area (Å²) >= 11 is 0. The number of hydrogen-bond acceptors (Lipinski definition) is 3. The highest BCUT2D eigenvalue weighted by Gasteiger charge is 2.30. The molecule has 0 spiro atoms. The highest BCUT2D eigenvalue weighted by Crippen LogP contribution is 2.43. The third kappa shape index (κ3) is 2.64. The molecule has 3 nitrogen and oxygen atoms in total. The van der Waals surface area contributed by atoms with E-state index in [0.29, 0.717) is 25.0 Å². The van der Waals surface area contributed by atoms with Crippen LogP contribution in [0.25, 0.3) is 0 Å². The van der Waals surface area contributed by atoms with Gasteiger partial charge in [0.15, 0.2) is 11.5 Å². The van der Waals surface area contributed by atoms with Gasteiger partial charge < -0.3 is 15.2 Å². The molecule has 1 saturated carbocycles. The van der Waals surface area contributed by atoms with Crippen LogP contribution in [0.15, 0.2) is 18.2 Å². The van der Waals surface area contributed by atoms with E-state index in [-0.39, 0.29) is 0 Å². The summed E-state index contributed by atoms with van der Waals surface area (Å²) in [6.07, 6.45) is 5.13. The first-order valence-electron chi connectivity index (χ1n) is 7.91. The lowest BCUT2D eigenvalue weighted by molar-refractivity contribution is 0.170. The fourth-order valence-electron chi connectivity index (χ4n) is 3.67. The van der Waals surface area contributed by atoms with Gasteiger partial charge in [0.1, 0.15) is 13.2 Å². The normalized spacial score (nSPS) is 29.2. The van der Waals surface area contributed by atoms with E-state index >= 15 is 0 Å². The Morgan fingerprint density at radius 2 is 1.95 bits per heavy atom. The van der Waals surface area contributed by atoms with Crippen LogP contribution in [0.1, 0.15) is 44.1 Å². The second kappa shape index (κ2) is 6.04. The Labute approximate surface area is 121 Å². The Kier molecular flexibility index (Phi) is 4.16. The average Bonchev–Trinajstić information content (AvgIpc) is 2.53. The molecule has 0 amide bonds. The first-order chi connectivity index (χ1) is 9.81. The van der Waals surface area contributed by atoms with Crippen molar-refractivity contribution in [3.05, 3.63) is 23.8 Å². The van der Waals surface area contributed by atoms with Gasteiger partial charge in [0, 0.05) is 0 Å². The Hall–Kier alpha value is -1.22. The van der Waals surface area contributed by atoms with Gasteiger partial charge in [0.25, 0.3) is 0 Å². The third-order valence-corrected chi connectivity index (χ3v) is 4.98. The van der Waals surface area contributed by atoms with E-state index < -0.39 is 0 Å². The Bertz CT molecular complexity index is 460. The Morgan fingerprint density at radius 1 is 1.15 bits per heavy atom. The summed E-state index contributed by atoms with van der Waals surface area (Å²) in [5.74, 6) is 3.82. The zero-order chi connectivity index (χ0) is 13.9. The van der Waals surface area contributed by atoms with E-state index in [1.165, 1.54) is 31.2 Å². The predicted molar refractivity (Wildman–Crippen MR) is 80.3 cm³/mol. The minimum absolute atomic E-state index is 0.578. The van der Waals surface area contributed by atoms with E-state index in [4.69, 9.17) is 15.2 Å². The smallest absolute Gasteiger partial charge is 0.161 e. The average molecular weight is 275 g/mol. The number of ether oxygens (including phenoxy) is 2. The van der Waals surface area contributed by atoms with Crippen LogP contribution in [0.2, 0.25) is 0 Å². The molecular weight excluding hydrogens is 250 g/mol. The molecule has 3 rings (SSSR count). The van der Waals surface area contributed by atoms with Crippen LogP contribution in [0.5, 0.6) is 11.5 Å². The van der Waals surface area contributed by atoms with Crippen molar-refractivity contribution in [1.82, 2.24) is 0 Å². The lowest BCUT2D eigenvalue weighted by Gasteiger charge is -2.36. The summed E-state index contributed by atoms with van der Waals surface area (Å²) in [5, 5.41) is 0. The van der Waals surface area contributed by atoms with E-state index in [9.17, 15) is 0 Å². The summed E-state index contributed by atoms with van der Waals surface area (Å²) in [6, 6.07) is 6.45. The Balaban J connectivity index is 1.85. The zero-order valence-electron chi connectivity index (χ0n) is 12.3. The van der Waals surface area contributed by atoms with Crippen molar-refractivity contribution in [2.45, 2.75) is 38.5 Å². The van der Waals surface area contributed by atoms with Crippen LogP contribution in [0.4, 0.5) is 0 Å². The topological polar surface area (TPSA) is 44.5 Å². The highest BCUT2D eigenvalue weighted by molar-refractivity contribution is 5.45. The summed E-state index contributed by atoms with van der Waals surface area (Å²) in [4.78, 5) is 0. The summed E-state index contributed by atoms with van der Waals surface area (Å²) < 4.78 is 11.3. The maximum absolute atomic E-state index is 6.00. The predicted octanol–water partition coefficient (Wildman–Crippen LogP) is 3.33. The van der Waals surface area contributed by atoms with Crippen LogP contribution in [0, 0.1) is 11.8 Å². The van der Waals surface area contributed by atoms with Crippen LogP contribution in [-0.2, 0) is 0 Å². The van der Waals surface area contributed by atoms with Crippen molar-refractivity contribution in [2.75, 3.05) is 19.8 Å². The first kappa shape index (κ1) is 13.7. The van der Waals surface area contributed by atoms with Gasteiger partial charge in [-0.05, 0) is 54.8 Å². The molecule has 1 heterocycles. The quantitative estimate of drug-likeness (QED) is 0.920. The molecule has 1 aliphatic heterocycles. The molecule has 1 aromatic carbocycles. The van der Waals surface area contributed by atoms with Crippen LogP contribution in [-0.4, -0.2) is 19.8 Å². The van der Waals surface area contributed by atoms with Gasteiger partial charge in [-0.2, -0.15) is 0 Å². The molecule has 2 N–H and O–H groups in total. The standard InChI is InChI=1S/C17H25NO2/c1-2-12-3-4-14(11-18)15(9-12)13-5-6-16-17(10-13)20-8-7-19-16/h5-6,10,12,14-15H,2-4,7-9,11,18H2,1H3. The van der Waals surface area contributed by atoms with Crippen molar-refractivity contribution >= 4 is 0 Å². The molecule has 0 bridgehead atoms. The molecule has 1 aliphatic carbocycles. The van der Waals surface area contributed by atoms with Gasteiger partial charge in [-0.15, -0.1) is 0 Å². The minimum Gasteiger partial charge on any atom is -0.486 e. The molecule has 0 saturated heterocycles. The molecule has 3 heteroatoms. The molecule has 1 aromatic rings. The Morgan fingerprint density at radius 3 is 2.70 bits per heavy atom. The molecular formula is C17H25NO2. The maximum atomic E-state index is 6.00. The lowest BCUT2D eigenvalue weighted by atomic mass is 9.70. The fourth-order valence-corrected chi connectivity index (χ4v) is 3.67. The molecule has 1 fully saturated rings. The summed E-state index contributed by atoms with van der Waals surface area (Å²) in [7, 11) is 0. The van der Waals surface area contributed by atoms with Gasteiger partial charge in [-0.3, -0.25) is 0 Å². The highest BCUT2D eigenvalue weighted by atomic mass is 16.6. The van der Waals surface area contributed by atoms with Crippen molar-refractivity contribution in [3.63, 3.8) is 0 Å².